The number of anilines is 1. The smallest absolute Gasteiger partial charge is 0.252 e. The highest BCUT2D eigenvalue weighted by molar-refractivity contribution is 6.07. The maximum atomic E-state index is 12.6. The van der Waals surface area contributed by atoms with E-state index in [1.165, 1.54) is 5.56 Å². The second-order valence-corrected chi connectivity index (χ2v) is 6.14. The maximum absolute atomic E-state index is 12.6. The highest BCUT2D eigenvalue weighted by Gasteiger charge is 2.13. The molecule has 2 heterocycles. The summed E-state index contributed by atoms with van der Waals surface area (Å²) in [6, 6.07) is 9.68. The normalized spacial score (nSPS) is 10.7. The van der Waals surface area contributed by atoms with Crippen LogP contribution in [0.4, 0.5) is 5.69 Å². The molecule has 0 aliphatic rings. The van der Waals surface area contributed by atoms with Crippen molar-refractivity contribution < 1.29 is 4.79 Å². The first kappa shape index (κ1) is 16.9. The minimum atomic E-state index is -0.0771. The molecule has 25 heavy (non-hydrogen) atoms. The van der Waals surface area contributed by atoms with E-state index in [4.69, 9.17) is 0 Å². The van der Waals surface area contributed by atoms with E-state index < -0.39 is 0 Å². The number of pyridine rings is 2. The van der Waals surface area contributed by atoms with Gasteiger partial charge in [0.25, 0.3) is 5.91 Å². The Morgan fingerprint density at radius 3 is 2.72 bits per heavy atom. The average molecular weight is 334 g/mol. The Morgan fingerprint density at radius 1 is 1.12 bits per heavy atom. The molecule has 128 valence electrons. The molecule has 0 atom stereocenters. The van der Waals surface area contributed by atoms with Crippen molar-refractivity contribution in [2.24, 2.45) is 0 Å². The minimum absolute atomic E-state index is 0.0771. The van der Waals surface area contributed by atoms with Crippen LogP contribution in [0.15, 0.2) is 42.7 Å². The van der Waals surface area contributed by atoms with Crippen LogP contribution in [-0.4, -0.2) is 29.0 Å². The number of fused-ring (bicyclic) bond motifs is 1. The Labute approximate surface area is 147 Å². The number of aromatic nitrogens is 2. The van der Waals surface area contributed by atoms with Crippen LogP contribution in [0, 0.1) is 20.8 Å². The molecule has 1 amide bonds. The number of amides is 1. The Balaban J connectivity index is 1.73. The molecule has 3 rings (SSSR count). The molecule has 0 aliphatic carbocycles. The molecule has 0 saturated carbocycles. The number of rotatable bonds is 5. The van der Waals surface area contributed by atoms with E-state index in [9.17, 15) is 4.79 Å². The zero-order chi connectivity index (χ0) is 17.8. The lowest BCUT2D eigenvalue weighted by Crippen LogP contribution is -2.29. The average Bonchev–Trinajstić information content (AvgIpc) is 2.62. The first-order chi connectivity index (χ1) is 12.1. The van der Waals surface area contributed by atoms with E-state index in [0.29, 0.717) is 18.7 Å². The Bertz CT molecular complexity index is 906. The number of hydrogen-bond acceptors (Lipinski definition) is 4. The van der Waals surface area contributed by atoms with Gasteiger partial charge in [0.15, 0.2) is 0 Å². The predicted molar refractivity (Wildman–Crippen MR) is 101 cm³/mol. The summed E-state index contributed by atoms with van der Waals surface area (Å²) in [4.78, 5) is 21.3. The van der Waals surface area contributed by atoms with Gasteiger partial charge >= 0.3 is 0 Å². The van der Waals surface area contributed by atoms with Gasteiger partial charge in [-0.25, -0.2) is 0 Å². The van der Waals surface area contributed by atoms with E-state index in [-0.39, 0.29) is 5.91 Å². The lowest BCUT2D eigenvalue weighted by atomic mass is 10.0. The summed E-state index contributed by atoms with van der Waals surface area (Å²) >= 11 is 0. The van der Waals surface area contributed by atoms with Crippen LogP contribution < -0.4 is 10.6 Å². The number of hydrogen-bond donors (Lipinski definition) is 2. The van der Waals surface area contributed by atoms with Crippen molar-refractivity contribution in [1.29, 1.82) is 0 Å². The summed E-state index contributed by atoms with van der Waals surface area (Å²) in [5.41, 5.74) is 5.66. The third-order valence-electron chi connectivity index (χ3n) is 4.28. The topological polar surface area (TPSA) is 66.9 Å². The summed E-state index contributed by atoms with van der Waals surface area (Å²) in [5.74, 6) is -0.0771. The van der Waals surface area contributed by atoms with Gasteiger partial charge in [-0.2, -0.15) is 0 Å². The molecule has 1 aromatic carbocycles. The summed E-state index contributed by atoms with van der Waals surface area (Å²) in [6.07, 6.45) is 3.49. The molecule has 3 aromatic rings. The fourth-order valence-corrected chi connectivity index (χ4v) is 2.79. The zero-order valence-corrected chi connectivity index (χ0v) is 14.8. The van der Waals surface area contributed by atoms with Crippen molar-refractivity contribution in [3.8, 4) is 0 Å². The largest absolute Gasteiger partial charge is 0.382 e. The van der Waals surface area contributed by atoms with Gasteiger partial charge in [-0.1, -0.05) is 12.1 Å². The first-order valence-corrected chi connectivity index (χ1v) is 8.36. The number of nitrogens with zero attached hydrogens (tertiary/aromatic N) is 2. The fraction of sp³-hybridized carbons (Fsp3) is 0.250. The van der Waals surface area contributed by atoms with Gasteiger partial charge in [0.2, 0.25) is 0 Å². The second-order valence-electron chi connectivity index (χ2n) is 6.14. The van der Waals surface area contributed by atoms with Gasteiger partial charge in [-0.3, -0.25) is 14.8 Å². The van der Waals surface area contributed by atoms with E-state index in [2.05, 4.69) is 27.5 Å². The zero-order valence-electron chi connectivity index (χ0n) is 14.8. The number of benzene rings is 1. The molecule has 0 bridgehead atoms. The Kier molecular flexibility index (Phi) is 4.93. The van der Waals surface area contributed by atoms with Crippen LogP contribution in [0.25, 0.3) is 10.9 Å². The standard InChI is InChI=1S/C20H22N4O/c1-13-6-7-17-18(11-14(2)24-19(17)15(13)3)20(25)23-10-9-22-16-5-4-8-21-12-16/h4-8,11-12,22H,9-10H2,1-3H3,(H,23,25). The number of carbonyl (C=O) groups excluding carboxylic acids is 1. The van der Waals surface area contributed by atoms with E-state index in [1.54, 1.807) is 12.4 Å². The third-order valence-corrected chi connectivity index (χ3v) is 4.28. The van der Waals surface area contributed by atoms with Crippen LogP contribution in [0.1, 0.15) is 27.2 Å². The minimum Gasteiger partial charge on any atom is -0.382 e. The molecule has 0 radical (unpaired) electrons. The number of carbonyl (C=O) groups is 1. The van der Waals surface area contributed by atoms with Crippen LogP contribution in [0.3, 0.4) is 0 Å². The fourth-order valence-electron chi connectivity index (χ4n) is 2.79. The van der Waals surface area contributed by atoms with Gasteiger partial charge in [0.1, 0.15) is 0 Å². The van der Waals surface area contributed by atoms with Crippen molar-refractivity contribution in [2.75, 3.05) is 18.4 Å². The molecule has 0 fully saturated rings. The van der Waals surface area contributed by atoms with E-state index >= 15 is 0 Å². The monoisotopic (exact) mass is 334 g/mol. The molecule has 0 spiro atoms. The summed E-state index contributed by atoms with van der Waals surface area (Å²) < 4.78 is 0. The van der Waals surface area contributed by atoms with Crippen LogP contribution in [0.2, 0.25) is 0 Å². The van der Waals surface area contributed by atoms with Crippen LogP contribution in [-0.2, 0) is 0 Å². The van der Waals surface area contributed by atoms with Crippen molar-refractivity contribution in [3.63, 3.8) is 0 Å². The summed E-state index contributed by atoms with van der Waals surface area (Å²) in [6.45, 7) is 7.19. The second kappa shape index (κ2) is 7.30. The lowest BCUT2D eigenvalue weighted by molar-refractivity contribution is 0.0956. The molecule has 2 N–H and O–H groups in total. The highest BCUT2D eigenvalue weighted by atomic mass is 16.1. The summed E-state index contributed by atoms with van der Waals surface area (Å²) in [7, 11) is 0. The molecule has 0 unspecified atom stereocenters. The highest BCUT2D eigenvalue weighted by Crippen LogP contribution is 2.23. The van der Waals surface area contributed by atoms with Gasteiger partial charge in [-0.15, -0.1) is 0 Å². The third kappa shape index (κ3) is 3.76. The van der Waals surface area contributed by atoms with E-state index in [1.807, 2.05) is 44.2 Å². The molecule has 0 saturated heterocycles. The predicted octanol–water partition coefficient (Wildman–Crippen LogP) is 3.40. The summed E-state index contributed by atoms with van der Waals surface area (Å²) in [5, 5.41) is 7.09. The SMILES string of the molecule is Cc1cc(C(=O)NCCNc2cccnc2)c2ccc(C)c(C)c2n1. The molecule has 5 heteroatoms. The molecule has 0 aliphatic heterocycles. The van der Waals surface area contributed by atoms with Gasteiger partial charge in [-0.05, 0) is 50.1 Å². The van der Waals surface area contributed by atoms with Gasteiger partial charge < -0.3 is 10.6 Å². The van der Waals surface area contributed by atoms with Gasteiger partial charge in [0.05, 0.1) is 16.8 Å². The Hall–Kier alpha value is -2.95. The molecular formula is C20H22N4O. The molecule has 2 aromatic heterocycles. The number of aryl methyl sites for hydroxylation is 3. The lowest BCUT2D eigenvalue weighted by Gasteiger charge is -2.12. The van der Waals surface area contributed by atoms with Crippen molar-refractivity contribution in [2.45, 2.75) is 20.8 Å². The number of nitrogens with one attached hydrogen (secondary N) is 2. The van der Waals surface area contributed by atoms with Crippen LogP contribution >= 0.6 is 0 Å². The Morgan fingerprint density at radius 2 is 1.96 bits per heavy atom. The van der Waals surface area contributed by atoms with Crippen molar-refractivity contribution in [1.82, 2.24) is 15.3 Å². The maximum Gasteiger partial charge on any atom is 0.252 e. The van der Waals surface area contributed by atoms with Crippen molar-refractivity contribution in [3.05, 3.63) is 65.1 Å². The van der Waals surface area contributed by atoms with Gasteiger partial charge in [0, 0.05) is 36.6 Å². The molecule has 5 nitrogen and oxygen atoms in total. The first-order valence-electron chi connectivity index (χ1n) is 8.36. The quantitative estimate of drug-likeness (QED) is 0.702. The molecular weight excluding hydrogens is 312 g/mol. The van der Waals surface area contributed by atoms with E-state index in [0.717, 1.165) is 27.8 Å². The van der Waals surface area contributed by atoms with Crippen molar-refractivity contribution >= 4 is 22.5 Å². The van der Waals surface area contributed by atoms with Crippen LogP contribution in [0.5, 0.6) is 0 Å².